The number of hydrogen-bond donors (Lipinski definition) is 0. The highest BCUT2D eigenvalue weighted by molar-refractivity contribution is 9.08. The molecule has 0 aromatic heterocycles. The normalized spacial score (nSPS) is 10.6. The Kier molecular flexibility index (Phi) is 9.49. The quantitative estimate of drug-likeness (QED) is 0.124. The zero-order chi connectivity index (χ0) is 27.8. The summed E-state index contributed by atoms with van der Waals surface area (Å²) >= 11 is 3.52. The van der Waals surface area contributed by atoms with Gasteiger partial charge in [0.2, 0.25) is 0 Å². The maximum atomic E-state index is 11.2. The Bertz CT molecular complexity index is 1450. The maximum Gasteiger partial charge on any atom is 0.170 e. The Morgan fingerprint density at radius 1 is 0.615 bits per heavy atom. The fraction of sp³-hybridized carbons (Fsp3) is 0.219. The molecule has 202 valence electrons. The van der Waals surface area contributed by atoms with Gasteiger partial charge in [0, 0.05) is 16.5 Å². The molecule has 0 aliphatic carbocycles. The maximum absolute atomic E-state index is 11.2. The molecule has 7 heteroatoms. The average molecular weight is 591 g/mol. The predicted molar refractivity (Wildman–Crippen MR) is 156 cm³/mol. The highest BCUT2D eigenvalue weighted by Crippen LogP contribution is 2.39. The van der Waals surface area contributed by atoms with E-state index in [1.807, 2.05) is 24.3 Å². The molecule has 39 heavy (non-hydrogen) atoms. The van der Waals surface area contributed by atoms with Gasteiger partial charge in [0.15, 0.2) is 23.0 Å². The highest BCUT2D eigenvalue weighted by Gasteiger charge is 2.15. The van der Waals surface area contributed by atoms with E-state index in [0.717, 1.165) is 63.8 Å². The van der Waals surface area contributed by atoms with Gasteiger partial charge in [-0.05, 0) is 83.6 Å². The third kappa shape index (κ3) is 6.55. The van der Waals surface area contributed by atoms with E-state index in [4.69, 9.17) is 23.7 Å². The third-order valence-electron chi connectivity index (χ3n) is 6.48. The van der Waals surface area contributed by atoms with Gasteiger partial charge >= 0.3 is 0 Å². The number of rotatable bonds is 12. The molecule has 0 unspecified atom stereocenters. The van der Waals surface area contributed by atoms with E-state index in [0.29, 0.717) is 28.6 Å². The molecule has 0 aliphatic heterocycles. The molecular formula is C32H31BrO6. The second kappa shape index (κ2) is 13.2. The molecule has 0 fully saturated rings. The number of alkyl halides is 1. The standard InChI is InChI=1S/C32H31BrO6/c1-35-25-10-12-26(27-11-6-22(19-33)16-30(27)37-3)24(18-25)9-5-21-7-14-29(31(15-21)38-4)39-32-17-23(20-34)8-13-28(32)36-2/h6-8,10-18,20H,5,9,19H2,1-4H3. The molecule has 4 rings (SSSR count). The van der Waals surface area contributed by atoms with Crippen LogP contribution in [-0.2, 0) is 18.2 Å². The number of methoxy groups -OCH3 is 4. The first-order valence-corrected chi connectivity index (χ1v) is 13.5. The molecule has 0 saturated heterocycles. The lowest BCUT2D eigenvalue weighted by atomic mass is 9.93. The summed E-state index contributed by atoms with van der Waals surface area (Å²) in [5, 5.41) is 0.760. The molecule has 6 nitrogen and oxygen atoms in total. The zero-order valence-corrected chi connectivity index (χ0v) is 24.0. The average Bonchev–Trinajstić information content (AvgIpc) is 2.99. The molecule has 0 spiro atoms. The van der Waals surface area contributed by atoms with Crippen molar-refractivity contribution in [2.24, 2.45) is 0 Å². The summed E-state index contributed by atoms with van der Waals surface area (Å²) in [6, 6.07) is 23.3. The molecular weight excluding hydrogens is 560 g/mol. The van der Waals surface area contributed by atoms with Gasteiger partial charge in [0.05, 0.1) is 28.4 Å². The number of carbonyl (C=O) groups excluding carboxylic acids is 1. The first-order chi connectivity index (χ1) is 19.0. The van der Waals surface area contributed by atoms with E-state index in [9.17, 15) is 4.79 Å². The molecule has 0 saturated carbocycles. The van der Waals surface area contributed by atoms with Gasteiger partial charge in [-0.25, -0.2) is 0 Å². The Balaban J connectivity index is 1.61. The van der Waals surface area contributed by atoms with E-state index in [2.05, 4.69) is 46.3 Å². The second-order valence-electron chi connectivity index (χ2n) is 8.81. The second-order valence-corrected chi connectivity index (χ2v) is 9.37. The van der Waals surface area contributed by atoms with Crippen LogP contribution in [0, 0.1) is 0 Å². The third-order valence-corrected chi connectivity index (χ3v) is 7.13. The van der Waals surface area contributed by atoms with Crippen molar-refractivity contribution in [2.75, 3.05) is 28.4 Å². The lowest BCUT2D eigenvalue weighted by molar-refractivity contribution is 0.112. The summed E-state index contributed by atoms with van der Waals surface area (Å²) in [7, 11) is 6.53. The fourth-order valence-corrected chi connectivity index (χ4v) is 4.75. The van der Waals surface area contributed by atoms with Crippen LogP contribution in [0.5, 0.6) is 34.5 Å². The monoisotopic (exact) mass is 590 g/mol. The fourth-order valence-electron chi connectivity index (χ4n) is 4.40. The number of aldehydes is 1. The predicted octanol–water partition coefficient (Wildman–Crippen LogP) is 7.67. The van der Waals surface area contributed by atoms with Gasteiger partial charge < -0.3 is 23.7 Å². The summed E-state index contributed by atoms with van der Waals surface area (Å²) in [5.41, 5.74) is 6.01. The van der Waals surface area contributed by atoms with Crippen molar-refractivity contribution in [3.05, 3.63) is 95.1 Å². The molecule has 0 N–H and O–H groups in total. The van der Waals surface area contributed by atoms with Crippen LogP contribution in [-0.4, -0.2) is 34.7 Å². The largest absolute Gasteiger partial charge is 0.497 e. The number of halogens is 1. The zero-order valence-electron chi connectivity index (χ0n) is 22.5. The number of hydrogen-bond acceptors (Lipinski definition) is 6. The molecule has 4 aromatic carbocycles. The highest BCUT2D eigenvalue weighted by atomic mass is 79.9. The minimum absolute atomic E-state index is 0.439. The van der Waals surface area contributed by atoms with Crippen molar-refractivity contribution in [3.8, 4) is 45.6 Å². The summed E-state index contributed by atoms with van der Waals surface area (Å²) in [5.74, 6) is 3.71. The lowest BCUT2D eigenvalue weighted by Gasteiger charge is -2.16. The van der Waals surface area contributed by atoms with Gasteiger partial charge in [-0.1, -0.05) is 40.2 Å². The molecule has 0 heterocycles. The summed E-state index contributed by atoms with van der Waals surface area (Å²) in [6.07, 6.45) is 2.31. The van der Waals surface area contributed by atoms with Crippen LogP contribution in [0.25, 0.3) is 11.1 Å². The van der Waals surface area contributed by atoms with Gasteiger partial charge in [0.25, 0.3) is 0 Å². The lowest BCUT2D eigenvalue weighted by Crippen LogP contribution is -1.99. The Morgan fingerprint density at radius 3 is 2.00 bits per heavy atom. The summed E-state index contributed by atoms with van der Waals surface area (Å²) < 4.78 is 28.4. The van der Waals surface area contributed by atoms with Gasteiger partial charge in [0.1, 0.15) is 17.8 Å². The number of carbonyl (C=O) groups is 1. The minimum atomic E-state index is 0.439. The molecule has 4 aromatic rings. The van der Waals surface area contributed by atoms with E-state index in [1.54, 1.807) is 46.6 Å². The van der Waals surface area contributed by atoms with E-state index in [1.165, 1.54) is 0 Å². The first-order valence-electron chi connectivity index (χ1n) is 12.4. The first kappa shape index (κ1) is 28.0. The van der Waals surface area contributed by atoms with E-state index < -0.39 is 0 Å². The van der Waals surface area contributed by atoms with Crippen molar-refractivity contribution in [3.63, 3.8) is 0 Å². The number of ether oxygens (including phenoxy) is 5. The van der Waals surface area contributed by atoms with Crippen LogP contribution >= 0.6 is 15.9 Å². The van der Waals surface area contributed by atoms with Crippen molar-refractivity contribution in [2.45, 2.75) is 18.2 Å². The Labute approximate surface area is 237 Å². The smallest absolute Gasteiger partial charge is 0.170 e. The Morgan fingerprint density at radius 2 is 1.31 bits per heavy atom. The van der Waals surface area contributed by atoms with Crippen LogP contribution in [0.3, 0.4) is 0 Å². The van der Waals surface area contributed by atoms with Crippen molar-refractivity contribution >= 4 is 22.2 Å². The van der Waals surface area contributed by atoms with Crippen LogP contribution in [0.15, 0.2) is 72.8 Å². The number of aryl methyl sites for hydroxylation is 2. The van der Waals surface area contributed by atoms with E-state index in [-0.39, 0.29) is 0 Å². The molecule has 0 aliphatic rings. The summed E-state index contributed by atoms with van der Waals surface area (Å²) in [4.78, 5) is 11.2. The van der Waals surface area contributed by atoms with Gasteiger partial charge in [-0.2, -0.15) is 0 Å². The van der Waals surface area contributed by atoms with Crippen molar-refractivity contribution in [1.29, 1.82) is 0 Å². The van der Waals surface area contributed by atoms with Crippen LogP contribution in [0.2, 0.25) is 0 Å². The van der Waals surface area contributed by atoms with Crippen LogP contribution in [0.4, 0.5) is 0 Å². The van der Waals surface area contributed by atoms with Crippen LogP contribution in [0.1, 0.15) is 27.0 Å². The van der Waals surface area contributed by atoms with Crippen LogP contribution < -0.4 is 23.7 Å². The topological polar surface area (TPSA) is 63.2 Å². The Hall–Kier alpha value is -3.97. The molecule has 0 radical (unpaired) electrons. The molecule has 0 bridgehead atoms. The summed E-state index contributed by atoms with van der Waals surface area (Å²) in [6.45, 7) is 0. The molecule has 0 amide bonds. The minimum Gasteiger partial charge on any atom is -0.497 e. The molecule has 0 atom stereocenters. The SMILES string of the molecule is COc1ccc(-c2ccc(CBr)cc2OC)c(CCc2ccc(Oc3cc(C=O)ccc3OC)c(OC)c2)c1. The van der Waals surface area contributed by atoms with Gasteiger partial charge in [-0.15, -0.1) is 0 Å². The van der Waals surface area contributed by atoms with Gasteiger partial charge in [-0.3, -0.25) is 4.79 Å². The van der Waals surface area contributed by atoms with Crippen molar-refractivity contribution in [1.82, 2.24) is 0 Å². The number of benzene rings is 4. The van der Waals surface area contributed by atoms with E-state index >= 15 is 0 Å². The van der Waals surface area contributed by atoms with Crippen molar-refractivity contribution < 1.29 is 28.5 Å².